The van der Waals surface area contributed by atoms with Crippen LogP contribution in [-0.2, 0) is 16.0 Å². The first kappa shape index (κ1) is 17.0. The summed E-state index contributed by atoms with van der Waals surface area (Å²) in [4.78, 5) is 23.4. The number of phenols is 2. The van der Waals surface area contributed by atoms with E-state index in [1.165, 1.54) is 12.1 Å². The molecule has 0 radical (unpaired) electrons. The third-order valence-electron chi connectivity index (χ3n) is 3.21. The molecule has 7 nitrogen and oxygen atoms in total. The van der Waals surface area contributed by atoms with Crippen LogP contribution in [0.5, 0.6) is 11.5 Å². The van der Waals surface area contributed by atoms with E-state index in [0.29, 0.717) is 5.69 Å². The summed E-state index contributed by atoms with van der Waals surface area (Å²) in [5.74, 6) is -2.09. The van der Waals surface area contributed by atoms with Crippen molar-refractivity contribution in [1.29, 1.82) is 0 Å². The first-order chi connectivity index (χ1) is 11.5. The molecule has 24 heavy (non-hydrogen) atoms. The molecule has 0 atom stereocenters. The lowest BCUT2D eigenvalue weighted by Gasteiger charge is -2.05. The number of nitrogens with one attached hydrogen (secondary N) is 2. The Kier molecular flexibility index (Phi) is 5.51. The third kappa shape index (κ3) is 4.57. The Morgan fingerprint density at radius 3 is 2.42 bits per heavy atom. The Labute approximate surface area is 138 Å². The van der Waals surface area contributed by atoms with E-state index in [4.69, 9.17) is 5.11 Å². The third-order valence-corrected chi connectivity index (χ3v) is 3.21. The first-order valence-electron chi connectivity index (χ1n) is 7.25. The van der Waals surface area contributed by atoms with Gasteiger partial charge < -0.3 is 15.5 Å². The van der Waals surface area contributed by atoms with Crippen molar-refractivity contribution in [1.82, 2.24) is 5.43 Å². The van der Waals surface area contributed by atoms with Gasteiger partial charge in [-0.2, -0.15) is 5.10 Å². The van der Waals surface area contributed by atoms with Gasteiger partial charge in [0.15, 0.2) is 0 Å². The predicted molar refractivity (Wildman–Crippen MR) is 90.0 cm³/mol. The maximum absolute atomic E-state index is 11.7. The molecule has 0 saturated heterocycles. The molecule has 0 heterocycles. The van der Waals surface area contributed by atoms with E-state index in [-0.39, 0.29) is 17.1 Å². The van der Waals surface area contributed by atoms with Gasteiger partial charge in [-0.25, -0.2) is 5.43 Å². The van der Waals surface area contributed by atoms with Crippen molar-refractivity contribution in [2.45, 2.75) is 13.3 Å². The summed E-state index contributed by atoms with van der Waals surface area (Å²) >= 11 is 0. The second-order valence-corrected chi connectivity index (χ2v) is 4.95. The highest BCUT2D eigenvalue weighted by Crippen LogP contribution is 2.20. The largest absolute Gasteiger partial charge is 0.508 e. The summed E-state index contributed by atoms with van der Waals surface area (Å²) in [6.07, 6.45) is 2.05. The van der Waals surface area contributed by atoms with Crippen molar-refractivity contribution >= 4 is 23.7 Å². The smallest absolute Gasteiger partial charge is 0.329 e. The van der Waals surface area contributed by atoms with Gasteiger partial charge in [-0.1, -0.05) is 19.1 Å². The molecule has 0 bridgehead atoms. The number of rotatable bonds is 4. The van der Waals surface area contributed by atoms with E-state index in [9.17, 15) is 14.7 Å². The predicted octanol–water partition coefficient (Wildman–Crippen LogP) is 1.75. The van der Waals surface area contributed by atoms with Crippen molar-refractivity contribution in [3.63, 3.8) is 0 Å². The lowest BCUT2D eigenvalue weighted by atomic mass is 10.1. The lowest BCUT2D eigenvalue weighted by molar-refractivity contribution is -0.136. The summed E-state index contributed by atoms with van der Waals surface area (Å²) in [6.45, 7) is 2.02. The highest BCUT2D eigenvalue weighted by atomic mass is 16.3. The Hall–Kier alpha value is -3.35. The second-order valence-electron chi connectivity index (χ2n) is 4.95. The van der Waals surface area contributed by atoms with Crippen LogP contribution in [0.3, 0.4) is 0 Å². The number of phenolic OH excluding ortho intramolecular Hbond substituents is 2. The molecule has 0 unspecified atom stereocenters. The Morgan fingerprint density at radius 2 is 1.79 bits per heavy atom. The summed E-state index contributed by atoms with van der Waals surface area (Å²) < 4.78 is 0. The Morgan fingerprint density at radius 1 is 1.08 bits per heavy atom. The van der Waals surface area contributed by atoms with Gasteiger partial charge in [0.25, 0.3) is 0 Å². The number of carbonyl (C=O) groups is 2. The highest BCUT2D eigenvalue weighted by molar-refractivity contribution is 6.39. The number of hydrogen-bond donors (Lipinski definition) is 4. The molecule has 0 fully saturated rings. The van der Waals surface area contributed by atoms with E-state index >= 15 is 0 Å². The van der Waals surface area contributed by atoms with Crippen LogP contribution in [0.4, 0.5) is 5.69 Å². The number of hydrogen-bond acceptors (Lipinski definition) is 5. The monoisotopic (exact) mass is 327 g/mol. The fourth-order valence-corrected chi connectivity index (χ4v) is 1.86. The number of amides is 2. The molecule has 0 aromatic heterocycles. The normalized spacial score (nSPS) is 10.5. The Balaban J connectivity index is 1.91. The number of carbonyl (C=O) groups excluding carboxylic acids is 2. The fourth-order valence-electron chi connectivity index (χ4n) is 1.86. The lowest BCUT2D eigenvalue weighted by Crippen LogP contribution is -2.32. The van der Waals surface area contributed by atoms with Gasteiger partial charge in [0.05, 0.1) is 6.21 Å². The molecular weight excluding hydrogens is 310 g/mol. The standard InChI is InChI=1S/C17H17N3O4/c1-2-11-3-6-13(7-4-11)19-16(23)17(24)20-18-10-12-5-8-14(21)9-15(12)22/h3-10,21-22H,2H2,1H3,(H,19,23)(H,20,24)/b18-10+. The zero-order chi connectivity index (χ0) is 17.5. The molecule has 0 aliphatic carbocycles. The average molecular weight is 327 g/mol. The van der Waals surface area contributed by atoms with Crippen molar-refractivity contribution in [3.05, 3.63) is 53.6 Å². The molecule has 2 aromatic carbocycles. The topological polar surface area (TPSA) is 111 Å². The summed E-state index contributed by atoms with van der Waals surface area (Å²) in [6, 6.07) is 11.0. The minimum Gasteiger partial charge on any atom is -0.508 e. The molecule has 0 aliphatic rings. The van der Waals surface area contributed by atoms with Crippen molar-refractivity contribution < 1.29 is 19.8 Å². The number of aryl methyl sites for hydroxylation is 1. The van der Waals surface area contributed by atoms with Gasteiger partial charge in [0.2, 0.25) is 0 Å². The molecule has 2 rings (SSSR count). The number of hydrazone groups is 1. The number of nitrogens with zero attached hydrogens (tertiary/aromatic N) is 1. The van der Waals surface area contributed by atoms with E-state index in [1.54, 1.807) is 12.1 Å². The van der Waals surface area contributed by atoms with Crippen molar-refractivity contribution in [2.75, 3.05) is 5.32 Å². The van der Waals surface area contributed by atoms with E-state index < -0.39 is 11.8 Å². The minimum atomic E-state index is -0.941. The van der Waals surface area contributed by atoms with E-state index in [2.05, 4.69) is 15.8 Å². The highest BCUT2D eigenvalue weighted by Gasteiger charge is 2.12. The van der Waals surface area contributed by atoms with Crippen LogP contribution >= 0.6 is 0 Å². The van der Waals surface area contributed by atoms with Crippen molar-refractivity contribution in [2.24, 2.45) is 5.10 Å². The summed E-state index contributed by atoms with van der Waals surface area (Å²) in [7, 11) is 0. The van der Waals surface area contributed by atoms with Crippen LogP contribution in [0.15, 0.2) is 47.6 Å². The second kappa shape index (κ2) is 7.77. The van der Waals surface area contributed by atoms with E-state index in [0.717, 1.165) is 24.3 Å². The van der Waals surface area contributed by atoms with Gasteiger partial charge in [-0.05, 0) is 36.2 Å². The Bertz CT molecular complexity index is 770. The molecular formula is C17H17N3O4. The van der Waals surface area contributed by atoms with Crippen molar-refractivity contribution in [3.8, 4) is 11.5 Å². The average Bonchev–Trinajstić information content (AvgIpc) is 2.57. The van der Waals surface area contributed by atoms with Gasteiger partial charge in [-0.15, -0.1) is 0 Å². The zero-order valence-corrected chi connectivity index (χ0v) is 13.0. The maximum atomic E-state index is 11.7. The maximum Gasteiger partial charge on any atom is 0.329 e. The van der Waals surface area contributed by atoms with Crippen LogP contribution in [0.25, 0.3) is 0 Å². The molecule has 0 spiro atoms. The quantitative estimate of drug-likeness (QED) is 0.389. The number of anilines is 1. The molecule has 0 aliphatic heterocycles. The molecule has 124 valence electrons. The summed E-state index contributed by atoms with van der Waals surface area (Å²) in [5, 5.41) is 24.8. The van der Waals surface area contributed by atoms with Crippen LogP contribution in [-0.4, -0.2) is 28.2 Å². The molecule has 2 aromatic rings. The SMILES string of the molecule is CCc1ccc(NC(=O)C(=O)N/N=C/c2ccc(O)cc2O)cc1. The van der Waals surface area contributed by atoms with Crippen LogP contribution in [0.1, 0.15) is 18.1 Å². The van der Waals surface area contributed by atoms with Crippen LogP contribution in [0.2, 0.25) is 0 Å². The molecule has 7 heteroatoms. The first-order valence-corrected chi connectivity index (χ1v) is 7.25. The molecule has 4 N–H and O–H groups in total. The van der Waals surface area contributed by atoms with Crippen LogP contribution in [0, 0.1) is 0 Å². The molecule has 0 saturated carbocycles. The summed E-state index contributed by atoms with van der Waals surface area (Å²) in [5.41, 5.74) is 3.97. The van der Waals surface area contributed by atoms with Crippen LogP contribution < -0.4 is 10.7 Å². The van der Waals surface area contributed by atoms with Gasteiger partial charge >= 0.3 is 11.8 Å². The molecule has 2 amide bonds. The van der Waals surface area contributed by atoms with Gasteiger partial charge in [0.1, 0.15) is 11.5 Å². The number of benzene rings is 2. The van der Waals surface area contributed by atoms with E-state index in [1.807, 2.05) is 19.1 Å². The van der Waals surface area contributed by atoms with Gasteiger partial charge in [0, 0.05) is 17.3 Å². The van der Waals surface area contributed by atoms with Gasteiger partial charge in [-0.3, -0.25) is 9.59 Å². The number of aromatic hydroxyl groups is 2. The zero-order valence-electron chi connectivity index (χ0n) is 13.0. The fraction of sp³-hybridized carbons (Fsp3) is 0.118. The minimum absolute atomic E-state index is 0.0952.